The predicted octanol–water partition coefficient (Wildman–Crippen LogP) is 0.778. The molecule has 0 fully saturated rings. The highest BCUT2D eigenvalue weighted by molar-refractivity contribution is 5.22. The molecule has 0 saturated heterocycles. The molecule has 0 radical (unpaired) electrons. The number of rotatable bonds is 2. The molecule has 0 bridgehead atoms. The Hall–Kier alpha value is -0.800. The van der Waals surface area contributed by atoms with E-state index in [1.54, 1.807) is 20.3 Å². The van der Waals surface area contributed by atoms with Crippen molar-refractivity contribution in [3.63, 3.8) is 0 Å². The second kappa shape index (κ2) is 3.07. The SMILES string of the molecule is COC1=CCC(N)(OC)C=C1. The number of methoxy groups -OCH3 is 2. The third-order valence-corrected chi connectivity index (χ3v) is 1.77. The highest BCUT2D eigenvalue weighted by atomic mass is 16.5. The molecule has 1 aliphatic rings. The fourth-order valence-electron chi connectivity index (χ4n) is 0.922. The van der Waals surface area contributed by atoms with Crippen molar-refractivity contribution in [2.45, 2.75) is 12.1 Å². The molecule has 1 rings (SSSR count). The van der Waals surface area contributed by atoms with Crippen molar-refractivity contribution in [2.24, 2.45) is 5.73 Å². The third-order valence-electron chi connectivity index (χ3n) is 1.77. The molecule has 3 heteroatoms. The Kier molecular flexibility index (Phi) is 2.31. The van der Waals surface area contributed by atoms with Crippen LogP contribution in [0.4, 0.5) is 0 Å². The summed E-state index contributed by atoms with van der Waals surface area (Å²) in [6, 6.07) is 0. The van der Waals surface area contributed by atoms with Gasteiger partial charge < -0.3 is 9.47 Å². The average molecular weight is 155 g/mol. The van der Waals surface area contributed by atoms with Gasteiger partial charge in [-0.1, -0.05) is 0 Å². The number of allylic oxidation sites excluding steroid dienone is 1. The van der Waals surface area contributed by atoms with Crippen LogP contribution in [0.1, 0.15) is 6.42 Å². The standard InChI is InChI=1S/C8H13NO2/c1-10-7-3-5-8(9,11-2)6-4-7/h3-5H,6,9H2,1-2H3. The first-order chi connectivity index (χ1) is 5.20. The Bertz CT molecular complexity index is 198. The molecule has 2 N–H and O–H groups in total. The lowest BCUT2D eigenvalue weighted by molar-refractivity contribution is 0.0377. The second-order valence-corrected chi connectivity index (χ2v) is 2.51. The summed E-state index contributed by atoms with van der Waals surface area (Å²) in [5.41, 5.74) is 5.13. The Balaban J connectivity index is 2.63. The van der Waals surface area contributed by atoms with E-state index in [2.05, 4.69) is 0 Å². The molecule has 62 valence electrons. The maximum atomic E-state index is 5.77. The van der Waals surface area contributed by atoms with Crippen molar-refractivity contribution >= 4 is 0 Å². The highest BCUT2D eigenvalue weighted by Crippen LogP contribution is 2.18. The van der Waals surface area contributed by atoms with E-state index in [0.29, 0.717) is 6.42 Å². The summed E-state index contributed by atoms with van der Waals surface area (Å²) in [6.45, 7) is 0. The van der Waals surface area contributed by atoms with Gasteiger partial charge in [-0.2, -0.15) is 0 Å². The van der Waals surface area contributed by atoms with Crippen LogP contribution in [0.5, 0.6) is 0 Å². The summed E-state index contributed by atoms with van der Waals surface area (Å²) in [7, 11) is 3.22. The number of hydrogen-bond donors (Lipinski definition) is 1. The van der Waals surface area contributed by atoms with Gasteiger partial charge in [-0.15, -0.1) is 0 Å². The van der Waals surface area contributed by atoms with E-state index in [0.717, 1.165) is 5.76 Å². The van der Waals surface area contributed by atoms with E-state index in [1.807, 2.05) is 12.2 Å². The molecule has 0 aromatic rings. The molecule has 0 spiro atoms. The zero-order valence-corrected chi connectivity index (χ0v) is 6.83. The van der Waals surface area contributed by atoms with Crippen LogP contribution in [0.15, 0.2) is 24.0 Å². The van der Waals surface area contributed by atoms with Gasteiger partial charge in [0.2, 0.25) is 0 Å². The van der Waals surface area contributed by atoms with E-state index in [1.165, 1.54) is 0 Å². The quantitative estimate of drug-likeness (QED) is 0.599. The summed E-state index contributed by atoms with van der Waals surface area (Å²) in [5, 5.41) is 0. The predicted molar refractivity (Wildman–Crippen MR) is 42.8 cm³/mol. The smallest absolute Gasteiger partial charge is 0.139 e. The van der Waals surface area contributed by atoms with E-state index in [-0.39, 0.29) is 0 Å². The molecule has 0 aromatic heterocycles. The van der Waals surface area contributed by atoms with Gasteiger partial charge in [-0.05, 0) is 18.2 Å². The molecular formula is C8H13NO2. The lowest BCUT2D eigenvalue weighted by Gasteiger charge is -2.25. The summed E-state index contributed by atoms with van der Waals surface area (Å²) in [5.74, 6) is 0.836. The highest BCUT2D eigenvalue weighted by Gasteiger charge is 2.21. The largest absolute Gasteiger partial charge is 0.497 e. The number of ether oxygens (including phenoxy) is 2. The van der Waals surface area contributed by atoms with Gasteiger partial charge in [-0.25, -0.2) is 0 Å². The van der Waals surface area contributed by atoms with Gasteiger partial charge in [0.25, 0.3) is 0 Å². The molecule has 0 aromatic carbocycles. The lowest BCUT2D eigenvalue weighted by Crippen LogP contribution is -2.40. The topological polar surface area (TPSA) is 44.5 Å². The fourth-order valence-corrected chi connectivity index (χ4v) is 0.922. The van der Waals surface area contributed by atoms with Crippen LogP contribution >= 0.6 is 0 Å². The molecule has 0 saturated carbocycles. The minimum atomic E-state index is -0.637. The van der Waals surface area contributed by atoms with Crippen molar-refractivity contribution < 1.29 is 9.47 Å². The van der Waals surface area contributed by atoms with E-state index in [4.69, 9.17) is 15.2 Å². The Morgan fingerprint density at radius 3 is 2.64 bits per heavy atom. The van der Waals surface area contributed by atoms with Gasteiger partial charge in [0.15, 0.2) is 0 Å². The first-order valence-corrected chi connectivity index (χ1v) is 3.47. The monoisotopic (exact) mass is 155 g/mol. The summed E-state index contributed by atoms with van der Waals surface area (Å²) in [6.07, 6.45) is 6.17. The Labute approximate surface area is 66.5 Å². The Morgan fingerprint density at radius 2 is 2.27 bits per heavy atom. The minimum absolute atomic E-state index is 0.637. The van der Waals surface area contributed by atoms with Crippen molar-refractivity contribution in [3.8, 4) is 0 Å². The molecule has 0 heterocycles. The summed E-state index contributed by atoms with van der Waals surface area (Å²) < 4.78 is 10.1. The van der Waals surface area contributed by atoms with Crippen LogP contribution in [0, 0.1) is 0 Å². The Morgan fingerprint density at radius 1 is 1.55 bits per heavy atom. The lowest BCUT2D eigenvalue weighted by atomic mass is 10.1. The normalized spacial score (nSPS) is 29.9. The van der Waals surface area contributed by atoms with Gasteiger partial charge in [0.1, 0.15) is 11.5 Å². The molecule has 11 heavy (non-hydrogen) atoms. The van der Waals surface area contributed by atoms with Crippen LogP contribution in [-0.4, -0.2) is 19.9 Å². The molecule has 1 aliphatic carbocycles. The first-order valence-electron chi connectivity index (χ1n) is 3.47. The second-order valence-electron chi connectivity index (χ2n) is 2.51. The van der Waals surface area contributed by atoms with Gasteiger partial charge in [0.05, 0.1) is 7.11 Å². The number of hydrogen-bond acceptors (Lipinski definition) is 3. The molecule has 1 atom stereocenters. The molecule has 0 amide bonds. The van der Waals surface area contributed by atoms with Gasteiger partial charge in [0, 0.05) is 13.5 Å². The van der Waals surface area contributed by atoms with Crippen LogP contribution in [0.2, 0.25) is 0 Å². The minimum Gasteiger partial charge on any atom is -0.497 e. The van der Waals surface area contributed by atoms with Crippen LogP contribution in [0.25, 0.3) is 0 Å². The van der Waals surface area contributed by atoms with Gasteiger partial charge >= 0.3 is 0 Å². The fraction of sp³-hybridized carbons (Fsp3) is 0.500. The van der Waals surface area contributed by atoms with E-state index < -0.39 is 5.72 Å². The van der Waals surface area contributed by atoms with Crippen molar-refractivity contribution in [3.05, 3.63) is 24.0 Å². The van der Waals surface area contributed by atoms with Crippen LogP contribution in [0.3, 0.4) is 0 Å². The van der Waals surface area contributed by atoms with Gasteiger partial charge in [-0.3, -0.25) is 5.73 Å². The molecule has 3 nitrogen and oxygen atoms in total. The van der Waals surface area contributed by atoms with Crippen LogP contribution < -0.4 is 5.73 Å². The maximum Gasteiger partial charge on any atom is 0.139 e. The third kappa shape index (κ3) is 1.82. The summed E-state index contributed by atoms with van der Waals surface area (Å²) >= 11 is 0. The zero-order chi connectivity index (χ0) is 8.32. The number of nitrogens with two attached hydrogens (primary N) is 1. The molecule has 1 unspecified atom stereocenters. The maximum absolute atomic E-state index is 5.77. The average Bonchev–Trinajstić information content (AvgIpc) is 2.06. The first kappa shape index (κ1) is 8.30. The van der Waals surface area contributed by atoms with E-state index >= 15 is 0 Å². The van der Waals surface area contributed by atoms with Crippen molar-refractivity contribution in [2.75, 3.05) is 14.2 Å². The van der Waals surface area contributed by atoms with Crippen molar-refractivity contribution in [1.82, 2.24) is 0 Å². The molecule has 0 aliphatic heterocycles. The van der Waals surface area contributed by atoms with Crippen molar-refractivity contribution in [1.29, 1.82) is 0 Å². The zero-order valence-electron chi connectivity index (χ0n) is 6.83. The van der Waals surface area contributed by atoms with Crippen LogP contribution in [-0.2, 0) is 9.47 Å². The summed E-state index contributed by atoms with van der Waals surface area (Å²) in [4.78, 5) is 0. The molecular weight excluding hydrogens is 142 g/mol. The van der Waals surface area contributed by atoms with E-state index in [9.17, 15) is 0 Å².